The van der Waals surface area contributed by atoms with Crippen LogP contribution in [0.2, 0.25) is 0 Å². The van der Waals surface area contributed by atoms with Crippen molar-refractivity contribution < 1.29 is 18.8 Å². The number of hydrogen-bond donors (Lipinski definition) is 1. The molecule has 1 aromatic carbocycles. The number of benzene rings is 1. The van der Waals surface area contributed by atoms with Crippen molar-refractivity contribution in [1.29, 1.82) is 0 Å². The van der Waals surface area contributed by atoms with E-state index in [1.807, 2.05) is 6.92 Å². The number of nitrogens with zero attached hydrogens (tertiary/aromatic N) is 2. The van der Waals surface area contributed by atoms with Crippen LogP contribution in [0.3, 0.4) is 0 Å². The van der Waals surface area contributed by atoms with Gasteiger partial charge in [-0.25, -0.2) is 19.4 Å². The van der Waals surface area contributed by atoms with E-state index in [1.165, 1.54) is 18.3 Å². The van der Waals surface area contributed by atoms with Crippen molar-refractivity contribution in [2.75, 3.05) is 6.61 Å². The van der Waals surface area contributed by atoms with Crippen molar-refractivity contribution in [3.63, 3.8) is 0 Å². The summed E-state index contributed by atoms with van der Waals surface area (Å²) in [5.41, 5.74) is 4.30. The second-order valence-electron chi connectivity index (χ2n) is 5.59. The van der Waals surface area contributed by atoms with Crippen molar-refractivity contribution in [3.8, 4) is 5.69 Å². The van der Waals surface area contributed by atoms with Gasteiger partial charge in [0.15, 0.2) is 6.29 Å². The molecule has 0 bridgehead atoms. The van der Waals surface area contributed by atoms with E-state index in [0.717, 1.165) is 25.0 Å². The molecule has 128 valence electrons. The monoisotopic (exact) mass is 333 g/mol. The van der Waals surface area contributed by atoms with Crippen molar-refractivity contribution >= 4 is 5.91 Å². The second kappa shape index (κ2) is 7.55. The highest BCUT2D eigenvalue weighted by Gasteiger charge is 2.20. The Morgan fingerprint density at radius 3 is 2.88 bits per heavy atom. The molecule has 1 unspecified atom stereocenters. The summed E-state index contributed by atoms with van der Waals surface area (Å²) in [7, 11) is 0. The first-order valence-corrected chi connectivity index (χ1v) is 8.09. The molecule has 3 rings (SSSR count). The van der Waals surface area contributed by atoms with Crippen molar-refractivity contribution in [3.05, 3.63) is 47.5 Å². The number of halogens is 1. The van der Waals surface area contributed by atoms with Crippen LogP contribution >= 0.6 is 0 Å². The van der Waals surface area contributed by atoms with Crippen LogP contribution in [0.4, 0.5) is 4.39 Å². The summed E-state index contributed by atoms with van der Waals surface area (Å²) >= 11 is 0. The number of rotatable bonds is 5. The van der Waals surface area contributed by atoms with E-state index in [4.69, 9.17) is 9.57 Å². The van der Waals surface area contributed by atoms with Crippen molar-refractivity contribution in [2.45, 2.75) is 38.9 Å². The van der Waals surface area contributed by atoms with Crippen molar-refractivity contribution in [1.82, 2.24) is 15.3 Å². The fourth-order valence-electron chi connectivity index (χ4n) is 2.69. The number of amides is 1. The van der Waals surface area contributed by atoms with Gasteiger partial charge < -0.3 is 4.74 Å². The Hall–Kier alpha value is -2.25. The van der Waals surface area contributed by atoms with Crippen LogP contribution in [-0.2, 0) is 16.0 Å². The number of carbonyl (C=O) groups excluding carboxylic acids is 1. The van der Waals surface area contributed by atoms with Gasteiger partial charge in [0.05, 0.1) is 23.1 Å². The van der Waals surface area contributed by atoms with Gasteiger partial charge in [-0.2, -0.15) is 5.10 Å². The zero-order valence-corrected chi connectivity index (χ0v) is 13.5. The number of aromatic nitrogens is 2. The molecule has 1 saturated heterocycles. The maximum Gasteiger partial charge on any atom is 0.278 e. The normalized spacial score (nSPS) is 17.7. The summed E-state index contributed by atoms with van der Waals surface area (Å²) < 4.78 is 20.1. The van der Waals surface area contributed by atoms with E-state index in [1.54, 1.807) is 16.8 Å². The lowest BCUT2D eigenvalue weighted by Gasteiger charge is -2.22. The molecule has 1 amide bonds. The van der Waals surface area contributed by atoms with Gasteiger partial charge in [0.25, 0.3) is 5.91 Å². The van der Waals surface area contributed by atoms with Gasteiger partial charge >= 0.3 is 0 Å². The predicted molar refractivity (Wildman–Crippen MR) is 85.0 cm³/mol. The summed E-state index contributed by atoms with van der Waals surface area (Å²) in [6, 6.07) is 5.96. The van der Waals surface area contributed by atoms with E-state index >= 15 is 0 Å². The fourth-order valence-corrected chi connectivity index (χ4v) is 2.69. The van der Waals surface area contributed by atoms with E-state index in [-0.39, 0.29) is 11.7 Å². The molecule has 7 heteroatoms. The minimum absolute atomic E-state index is 0.317. The van der Waals surface area contributed by atoms with E-state index in [9.17, 15) is 9.18 Å². The molecule has 0 saturated carbocycles. The summed E-state index contributed by atoms with van der Waals surface area (Å²) in [4.78, 5) is 17.7. The van der Waals surface area contributed by atoms with Crippen molar-refractivity contribution in [2.24, 2.45) is 0 Å². The number of hydroxylamine groups is 1. The first-order chi connectivity index (χ1) is 11.7. The minimum atomic E-state index is -0.403. The van der Waals surface area contributed by atoms with Gasteiger partial charge in [0, 0.05) is 13.0 Å². The number of hydrogen-bond acceptors (Lipinski definition) is 4. The Balaban J connectivity index is 1.73. The molecule has 6 nitrogen and oxygen atoms in total. The lowest BCUT2D eigenvalue weighted by molar-refractivity contribution is -0.186. The Morgan fingerprint density at radius 2 is 2.21 bits per heavy atom. The Kier molecular flexibility index (Phi) is 5.22. The summed E-state index contributed by atoms with van der Waals surface area (Å²) in [5, 5.41) is 4.25. The molecule has 0 spiro atoms. The van der Waals surface area contributed by atoms with E-state index in [2.05, 4.69) is 10.6 Å². The Bertz CT molecular complexity index is 694. The molecule has 2 heterocycles. The molecule has 0 aliphatic carbocycles. The molecule has 1 aliphatic heterocycles. The second-order valence-corrected chi connectivity index (χ2v) is 5.59. The Labute approximate surface area is 139 Å². The number of nitrogens with one attached hydrogen (secondary N) is 1. The lowest BCUT2D eigenvalue weighted by Crippen LogP contribution is -2.33. The standard InChI is InChI=1S/C17H20FN3O3/c1-2-15-14(17(22)20-24-16-5-3-4-10-23-16)11-19-21(15)13-8-6-12(18)7-9-13/h6-9,11,16H,2-5,10H2,1H3,(H,20,22). The molecular weight excluding hydrogens is 313 g/mol. The third-order valence-electron chi connectivity index (χ3n) is 3.94. The van der Waals surface area contributed by atoms with Gasteiger partial charge in [-0.15, -0.1) is 0 Å². The Morgan fingerprint density at radius 1 is 1.42 bits per heavy atom. The highest BCUT2D eigenvalue weighted by atomic mass is 19.1. The van der Waals surface area contributed by atoms with E-state index < -0.39 is 6.29 Å². The SMILES string of the molecule is CCc1c(C(=O)NOC2CCCCO2)cnn1-c1ccc(F)cc1. The van der Waals surface area contributed by atoms with Gasteiger partial charge in [-0.05, 0) is 43.5 Å². The highest BCUT2D eigenvalue weighted by Crippen LogP contribution is 2.17. The fraction of sp³-hybridized carbons (Fsp3) is 0.412. The molecule has 1 atom stereocenters. The first-order valence-electron chi connectivity index (χ1n) is 8.09. The number of carbonyl (C=O) groups is 1. The summed E-state index contributed by atoms with van der Waals surface area (Å²) in [6.07, 6.45) is 4.47. The zero-order chi connectivity index (χ0) is 16.9. The quantitative estimate of drug-likeness (QED) is 0.855. The minimum Gasteiger partial charge on any atom is -0.350 e. The van der Waals surface area contributed by atoms with Crippen LogP contribution in [0.1, 0.15) is 42.2 Å². The molecular formula is C17H20FN3O3. The maximum atomic E-state index is 13.1. The van der Waals surface area contributed by atoms with Crippen LogP contribution < -0.4 is 5.48 Å². The van der Waals surface area contributed by atoms with Crippen LogP contribution in [0, 0.1) is 5.82 Å². The lowest BCUT2D eigenvalue weighted by atomic mass is 10.2. The average Bonchev–Trinajstić information content (AvgIpc) is 3.05. The third kappa shape index (κ3) is 3.63. The topological polar surface area (TPSA) is 65.4 Å². The molecule has 1 N–H and O–H groups in total. The predicted octanol–water partition coefficient (Wildman–Crippen LogP) is 2.76. The smallest absolute Gasteiger partial charge is 0.278 e. The van der Waals surface area contributed by atoms with Crippen LogP contribution in [-0.4, -0.2) is 28.6 Å². The summed E-state index contributed by atoms with van der Waals surface area (Å²) in [5.74, 6) is -0.683. The molecule has 0 radical (unpaired) electrons. The van der Waals surface area contributed by atoms with Crippen LogP contribution in [0.5, 0.6) is 0 Å². The molecule has 24 heavy (non-hydrogen) atoms. The third-order valence-corrected chi connectivity index (χ3v) is 3.94. The molecule has 1 fully saturated rings. The zero-order valence-electron chi connectivity index (χ0n) is 13.5. The highest BCUT2D eigenvalue weighted by molar-refractivity contribution is 5.94. The maximum absolute atomic E-state index is 13.1. The largest absolute Gasteiger partial charge is 0.350 e. The van der Waals surface area contributed by atoms with Gasteiger partial charge in [0.1, 0.15) is 5.82 Å². The molecule has 1 aliphatic rings. The van der Waals surface area contributed by atoms with Gasteiger partial charge in [-0.1, -0.05) is 6.92 Å². The first kappa shape index (κ1) is 16.6. The molecule has 1 aromatic heterocycles. The number of ether oxygens (including phenoxy) is 1. The van der Waals surface area contributed by atoms with Gasteiger partial charge in [-0.3, -0.25) is 4.79 Å². The van der Waals surface area contributed by atoms with Gasteiger partial charge in [0.2, 0.25) is 0 Å². The summed E-state index contributed by atoms with van der Waals surface area (Å²) in [6.45, 7) is 2.57. The van der Waals surface area contributed by atoms with Crippen LogP contribution in [0.15, 0.2) is 30.5 Å². The molecule has 2 aromatic rings. The average molecular weight is 333 g/mol. The van der Waals surface area contributed by atoms with Crippen LogP contribution in [0.25, 0.3) is 5.69 Å². The van der Waals surface area contributed by atoms with E-state index in [0.29, 0.717) is 24.3 Å².